The van der Waals surface area contributed by atoms with Gasteiger partial charge in [0, 0.05) is 30.3 Å². The number of nitrogens with one attached hydrogen (secondary N) is 1. The fraction of sp³-hybridized carbons (Fsp3) is 0.409. The van der Waals surface area contributed by atoms with E-state index in [1.54, 1.807) is 27.4 Å². The molecule has 0 aromatic heterocycles. The molecule has 2 aromatic rings. The molecule has 0 aliphatic heterocycles. The van der Waals surface area contributed by atoms with Gasteiger partial charge in [0.25, 0.3) is 0 Å². The summed E-state index contributed by atoms with van der Waals surface area (Å²) < 4.78 is 16.2. The van der Waals surface area contributed by atoms with Crippen LogP contribution in [0.4, 0.5) is 5.69 Å². The molecule has 0 amide bonds. The van der Waals surface area contributed by atoms with Crippen molar-refractivity contribution in [2.45, 2.75) is 38.3 Å². The Morgan fingerprint density at radius 2 is 1.69 bits per heavy atom. The summed E-state index contributed by atoms with van der Waals surface area (Å²) in [4.78, 5) is 2.24. The van der Waals surface area contributed by atoms with Crippen molar-refractivity contribution in [3.63, 3.8) is 0 Å². The number of hydrogen-bond donors (Lipinski definition) is 1. The number of benzene rings is 2. The summed E-state index contributed by atoms with van der Waals surface area (Å²) in [6.45, 7) is 0.644. The zero-order valence-electron chi connectivity index (χ0n) is 17.0. The van der Waals surface area contributed by atoms with Crippen LogP contribution in [0.5, 0.6) is 17.2 Å². The maximum atomic E-state index is 6.37. The first-order chi connectivity index (χ1) is 14.0. The highest BCUT2D eigenvalue weighted by Crippen LogP contribution is 2.32. The molecular formula is C22H27ClN2O3S. The van der Waals surface area contributed by atoms with E-state index in [9.17, 15) is 0 Å². The van der Waals surface area contributed by atoms with Crippen LogP contribution in [0.3, 0.4) is 0 Å². The summed E-state index contributed by atoms with van der Waals surface area (Å²) in [5, 5.41) is 4.56. The van der Waals surface area contributed by atoms with Gasteiger partial charge < -0.3 is 24.4 Å². The largest absolute Gasteiger partial charge is 0.497 e. The number of hydrogen-bond acceptors (Lipinski definition) is 4. The lowest BCUT2D eigenvalue weighted by Crippen LogP contribution is -2.41. The second-order valence-electron chi connectivity index (χ2n) is 7.02. The van der Waals surface area contributed by atoms with Gasteiger partial charge in [-0.1, -0.05) is 24.4 Å². The topological polar surface area (TPSA) is 43.0 Å². The van der Waals surface area contributed by atoms with Gasteiger partial charge in [0.1, 0.15) is 17.2 Å². The van der Waals surface area contributed by atoms with Gasteiger partial charge in [-0.05, 0) is 49.3 Å². The molecule has 0 saturated heterocycles. The van der Waals surface area contributed by atoms with Crippen LogP contribution in [0.1, 0.15) is 31.2 Å². The van der Waals surface area contributed by atoms with Crippen LogP contribution in [-0.4, -0.2) is 37.4 Å². The lowest BCUT2D eigenvalue weighted by molar-refractivity contribution is 0.304. The average molecular weight is 435 g/mol. The van der Waals surface area contributed by atoms with E-state index in [1.807, 2.05) is 30.3 Å². The number of rotatable bonds is 7. The van der Waals surface area contributed by atoms with Gasteiger partial charge in [-0.2, -0.15) is 0 Å². The van der Waals surface area contributed by atoms with Gasteiger partial charge in [-0.25, -0.2) is 0 Å². The Kier molecular flexibility index (Phi) is 7.45. The number of nitrogens with zero attached hydrogens (tertiary/aromatic N) is 1. The lowest BCUT2D eigenvalue weighted by atomic mass is 10.1. The van der Waals surface area contributed by atoms with Gasteiger partial charge in [0.2, 0.25) is 0 Å². The highest BCUT2D eigenvalue weighted by Gasteiger charge is 2.26. The molecule has 1 fully saturated rings. The maximum absolute atomic E-state index is 6.37. The zero-order valence-corrected chi connectivity index (χ0v) is 18.6. The van der Waals surface area contributed by atoms with Crippen LogP contribution in [0.2, 0.25) is 5.02 Å². The number of anilines is 1. The lowest BCUT2D eigenvalue weighted by Gasteiger charge is -2.32. The summed E-state index contributed by atoms with van der Waals surface area (Å²) in [7, 11) is 4.95. The molecule has 7 heteroatoms. The minimum Gasteiger partial charge on any atom is -0.497 e. The standard InChI is InChI=1S/C22H27ClN2O3S/c1-26-17-10-11-19(23)20(12-17)24-22(29)25(16-6-4-5-7-16)14-15-8-9-18(27-2)13-21(15)28-3/h8-13,16H,4-7,14H2,1-3H3,(H,24,29). The van der Waals surface area contributed by atoms with E-state index in [0.29, 0.717) is 22.7 Å². The van der Waals surface area contributed by atoms with Crippen molar-refractivity contribution in [3.05, 3.63) is 47.0 Å². The van der Waals surface area contributed by atoms with E-state index in [-0.39, 0.29) is 0 Å². The van der Waals surface area contributed by atoms with Gasteiger partial charge in [0.05, 0.1) is 32.0 Å². The third kappa shape index (κ3) is 5.25. The normalized spacial score (nSPS) is 13.8. The monoisotopic (exact) mass is 434 g/mol. The SMILES string of the molecule is COc1ccc(Cl)c(NC(=S)N(Cc2ccc(OC)cc2OC)C2CCCC2)c1. The molecule has 0 bridgehead atoms. The van der Waals surface area contributed by atoms with Crippen LogP contribution >= 0.6 is 23.8 Å². The number of ether oxygens (including phenoxy) is 3. The molecule has 1 N–H and O–H groups in total. The van der Waals surface area contributed by atoms with Crippen molar-refractivity contribution in [2.24, 2.45) is 0 Å². The quantitative estimate of drug-likeness (QED) is 0.580. The average Bonchev–Trinajstić information content (AvgIpc) is 3.27. The van der Waals surface area contributed by atoms with Crippen LogP contribution in [0, 0.1) is 0 Å². The molecule has 0 heterocycles. The van der Waals surface area contributed by atoms with E-state index >= 15 is 0 Å². The molecular weight excluding hydrogens is 408 g/mol. The fourth-order valence-corrected chi connectivity index (χ4v) is 4.15. The fourth-order valence-electron chi connectivity index (χ4n) is 3.66. The molecule has 29 heavy (non-hydrogen) atoms. The number of thiocarbonyl (C=S) groups is 1. The van der Waals surface area contributed by atoms with Crippen molar-refractivity contribution in [2.75, 3.05) is 26.6 Å². The molecule has 0 atom stereocenters. The van der Waals surface area contributed by atoms with Gasteiger partial charge >= 0.3 is 0 Å². The molecule has 3 rings (SSSR count). The van der Waals surface area contributed by atoms with Crippen LogP contribution in [0.25, 0.3) is 0 Å². The van der Waals surface area contributed by atoms with Gasteiger partial charge in [0.15, 0.2) is 5.11 Å². The molecule has 2 aromatic carbocycles. The Labute approximate surface area is 182 Å². The number of halogens is 1. The molecule has 1 aliphatic rings. The Morgan fingerprint density at radius 1 is 1.03 bits per heavy atom. The summed E-state index contributed by atoms with van der Waals surface area (Å²) in [5.41, 5.74) is 1.79. The smallest absolute Gasteiger partial charge is 0.174 e. The third-order valence-corrected chi connectivity index (χ3v) is 5.94. The minimum absolute atomic E-state index is 0.381. The number of methoxy groups -OCH3 is 3. The van der Waals surface area contributed by atoms with Crippen molar-refractivity contribution in [3.8, 4) is 17.2 Å². The highest BCUT2D eigenvalue weighted by atomic mass is 35.5. The Morgan fingerprint density at radius 3 is 2.34 bits per heavy atom. The zero-order chi connectivity index (χ0) is 20.8. The van der Waals surface area contributed by atoms with Crippen molar-refractivity contribution < 1.29 is 14.2 Å². The summed E-state index contributed by atoms with van der Waals surface area (Å²) >= 11 is 12.2. The van der Waals surface area contributed by atoms with E-state index in [2.05, 4.69) is 10.2 Å². The molecule has 1 aliphatic carbocycles. The van der Waals surface area contributed by atoms with E-state index < -0.39 is 0 Å². The molecule has 0 unspecified atom stereocenters. The van der Waals surface area contributed by atoms with Crippen molar-refractivity contribution in [1.29, 1.82) is 0 Å². The second-order valence-corrected chi connectivity index (χ2v) is 7.81. The molecule has 156 valence electrons. The molecule has 0 radical (unpaired) electrons. The minimum atomic E-state index is 0.381. The molecule has 1 saturated carbocycles. The molecule has 0 spiro atoms. The summed E-state index contributed by atoms with van der Waals surface area (Å²) in [6.07, 6.45) is 4.66. The first-order valence-electron chi connectivity index (χ1n) is 9.67. The Bertz CT molecular complexity index is 856. The summed E-state index contributed by atoms with van der Waals surface area (Å²) in [6, 6.07) is 11.7. The van der Waals surface area contributed by atoms with Crippen LogP contribution < -0.4 is 19.5 Å². The highest BCUT2D eigenvalue weighted by molar-refractivity contribution is 7.80. The first-order valence-corrected chi connectivity index (χ1v) is 10.5. The van der Waals surface area contributed by atoms with Crippen LogP contribution in [0.15, 0.2) is 36.4 Å². The Hall–Kier alpha value is -2.18. The van der Waals surface area contributed by atoms with Gasteiger partial charge in [-0.15, -0.1) is 0 Å². The first kappa shape index (κ1) is 21.5. The van der Waals surface area contributed by atoms with E-state index in [0.717, 1.165) is 41.3 Å². The predicted octanol–water partition coefficient (Wildman–Crippen LogP) is 5.51. The van der Waals surface area contributed by atoms with Crippen LogP contribution in [-0.2, 0) is 6.54 Å². The van der Waals surface area contributed by atoms with E-state index in [1.165, 1.54) is 12.8 Å². The summed E-state index contributed by atoms with van der Waals surface area (Å²) in [5.74, 6) is 2.28. The van der Waals surface area contributed by atoms with Crippen molar-refractivity contribution in [1.82, 2.24) is 4.90 Å². The maximum Gasteiger partial charge on any atom is 0.174 e. The third-order valence-electron chi connectivity index (χ3n) is 5.28. The Balaban J connectivity index is 1.85. The molecule has 5 nitrogen and oxygen atoms in total. The van der Waals surface area contributed by atoms with Gasteiger partial charge in [-0.3, -0.25) is 0 Å². The van der Waals surface area contributed by atoms with Crippen molar-refractivity contribution >= 4 is 34.6 Å². The second kappa shape index (κ2) is 10.0. The van der Waals surface area contributed by atoms with E-state index in [4.69, 9.17) is 38.0 Å². The predicted molar refractivity (Wildman–Crippen MR) is 122 cm³/mol.